The van der Waals surface area contributed by atoms with E-state index in [0.717, 1.165) is 13.0 Å². The zero-order valence-electron chi connectivity index (χ0n) is 6.40. The molecule has 1 fully saturated rings. The van der Waals surface area contributed by atoms with Crippen LogP contribution in [0.1, 0.15) is 20.3 Å². The average Bonchev–Trinajstić information content (AvgIpc) is 2.10. The largest absolute Gasteiger partial charge is 0.374 e. The first kappa shape index (κ1) is 7.03. The van der Waals surface area contributed by atoms with Crippen molar-refractivity contribution in [2.75, 3.05) is 13.7 Å². The molecule has 0 aliphatic carbocycles. The van der Waals surface area contributed by atoms with E-state index in [2.05, 4.69) is 19.2 Å². The molecule has 1 N–H and O–H groups in total. The summed E-state index contributed by atoms with van der Waals surface area (Å²) in [5.41, 5.74) is 0.105. The van der Waals surface area contributed by atoms with Gasteiger partial charge in [0.15, 0.2) is 0 Å². The first-order valence-electron chi connectivity index (χ1n) is 3.45. The Balaban J connectivity index is 2.38. The highest BCUT2D eigenvalue weighted by Gasteiger charge is 2.30. The van der Waals surface area contributed by atoms with Crippen molar-refractivity contribution < 1.29 is 4.74 Å². The summed E-state index contributed by atoms with van der Waals surface area (Å²) in [6.45, 7) is 5.12. The highest BCUT2D eigenvalue weighted by Crippen LogP contribution is 2.23. The molecule has 0 bridgehead atoms. The molecule has 2 heteroatoms. The van der Waals surface area contributed by atoms with Crippen molar-refractivity contribution in [1.29, 1.82) is 0 Å². The van der Waals surface area contributed by atoms with Gasteiger partial charge in [-0.05, 0) is 27.3 Å². The van der Waals surface area contributed by atoms with Crippen LogP contribution in [0.3, 0.4) is 0 Å². The van der Waals surface area contributed by atoms with Crippen LogP contribution in [0.15, 0.2) is 0 Å². The Hall–Kier alpha value is -0.0800. The second-order valence-electron chi connectivity index (χ2n) is 3.26. The zero-order chi connectivity index (χ0) is 6.91. The number of nitrogens with one attached hydrogen (secondary N) is 1. The maximum atomic E-state index is 5.48. The number of likely N-dealkylation sites (N-methyl/N-ethyl adjacent to an activating group) is 1. The molecule has 0 amide bonds. The van der Waals surface area contributed by atoms with Crippen molar-refractivity contribution in [2.24, 2.45) is 0 Å². The minimum Gasteiger partial charge on any atom is -0.374 e. The third-order valence-corrected chi connectivity index (χ3v) is 1.82. The zero-order valence-corrected chi connectivity index (χ0v) is 6.40. The lowest BCUT2D eigenvalue weighted by Crippen LogP contribution is -2.26. The molecule has 0 radical (unpaired) electrons. The van der Waals surface area contributed by atoms with Gasteiger partial charge in [0.25, 0.3) is 0 Å². The Morgan fingerprint density at radius 1 is 1.56 bits per heavy atom. The molecule has 1 heterocycles. The number of rotatable bonds is 1. The van der Waals surface area contributed by atoms with Crippen molar-refractivity contribution in [3.05, 3.63) is 0 Å². The number of ether oxygens (including phenoxy) is 1. The molecule has 1 unspecified atom stereocenters. The van der Waals surface area contributed by atoms with E-state index in [0.29, 0.717) is 6.04 Å². The molecule has 9 heavy (non-hydrogen) atoms. The lowest BCUT2D eigenvalue weighted by atomic mass is 10.0. The lowest BCUT2D eigenvalue weighted by molar-refractivity contribution is 0.0358. The first-order chi connectivity index (χ1) is 4.14. The highest BCUT2D eigenvalue weighted by atomic mass is 16.5. The predicted octanol–water partition coefficient (Wildman–Crippen LogP) is 0.773. The van der Waals surface area contributed by atoms with Crippen LogP contribution in [0.2, 0.25) is 0 Å². The van der Waals surface area contributed by atoms with Gasteiger partial charge in [0.1, 0.15) is 0 Å². The van der Waals surface area contributed by atoms with Crippen molar-refractivity contribution in [3.63, 3.8) is 0 Å². The number of hydrogen-bond acceptors (Lipinski definition) is 2. The predicted molar refractivity (Wildman–Crippen MR) is 37.5 cm³/mol. The van der Waals surface area contributed by atoms with Gasteiger partial charge in [0.05, 0.1) is 12.2 Å². The smallest absolute Gasteiger partial charge is 0.0643 e. The van der Waals surface area contributed by atoms with Gasteiger partial charge in [-0.15, -0.1) is 0 Å². The van der Waals surface area contributed by atoms with Crippen molar-refractivity contribution >= 4 is 0 Å². The molecule has 0 saturated carbocycles. The normalized spacial score (nSPS) is 33.0. The highest BCUT2D eigenvalue weighted by molar-refractivity contribution is 4.84. The Bertz CT molecular complexity index is 101. The minimum atomic E-state index is 0.105. The molecule has 0 spiro atoms. The van der Waals surface area contributed by atoms with E-state index in [-0.39, 0.29) is 5.60 Å². The fraction of sp³-hybridized carbons (Fsp3) is 1.00. The van der Waals surface area contributed by atoms with Gasteiger partial charge in [0, 0.05) is 6.04 Å². The van der Waals surface area contributed by atoms with Crippen LogP contribution >= 0.6 is 0 Å². The molecular formula is C7H15NO. The van der Waals surface area contributed by atoms with E-state index in [1.807, 2.05) is 7.05 Å². The first-order valence-corrected chi connectivity index (χ1v) is 3.45. The molecule has 1 aliphatic heterocycles. The van der Waals surface area contributed by atoms with Gasteiger partial charge >= 0.3 is 0 Å². The maximum absolute atomic E-state index is 5.48. The van der Waals surface area contributed by atoms with Crippen molar-refractivity contribution in [1.82, 2.24) is 5.32 Å². The summed E-state index contributed by atoms with van der Waals surface area (Å²) in [5.74, 6) is 0. The third kappa shape index (κ3) is 1.66. The van der Waals surface area contributed by atoms with Gasteiger partial charge < -0.3 is 10.1 Å². The lowest BCUT2D eigenvalue weighted by Gasteiger charge is -2.15. The molecule has 2 nitrogen and oxygen atoms in total. The third-order valence-electron chi connectivity index (χ3n) is 1.82. The monoisotopic (exact) mass is 129 g/mol. The van der Waals surface area contributed by atoms with Gasteiger partial charge in [-0.3, -0.25) is 0 Å². The standard InChI is InChI=1S/C7H15NO/c1-7(2)4-6(8-3)5-9-7/h6,8H,4-5H2,1-3H3. The Kier molecular flexibility index (Phi) is 1.78. The SMILES string of the molecule is CNC1COC(C)(C)C1. The van der Waals surface area contributed by atoms with E-state index in [1.165, 1.54) is 0 Å². The fourth-order valence-corrected chi connectivity index (χ4v) is 1.22. The molecule has 0 aromatic rings. The molecule has 54 valence electrons. The summed E-state index contributed by atoms with van der Waals surface area (Å²) < 4.78 is 5.48. The van der Waals surface area contributed by atoms with Gasteiger partial charge in [0.2, 0.25) is 0 Å². The van der Waals surface area contributed by atoms with Gasteiger partial charge in [-0.2, -0.15) is 0 Å². The van der Waals surface area contributed by atoms with Crippen LogP contribution in [0, 0.1) is 0 Å². The minimum absolute atomic E-state index is 0.105. The molecule has 1 rings (SSSR count). The molecule has 0 aromatic heterocycles. The maximum Gasteiger partial charge on any atom is 0.0643 e. The van der Waals surface area contributed by atoms with E-state index >= 15 is 0 Å². The summed E-state index contributed by atoms with van der Waals surface area (Å²) >= 11 is 0. The topological polar surface area (TPSA) is 21.3 Å². The Morgan fingerprint density at radius 3 is 2.44 bits per heavy atom. The van der Waals surface area contributed by atoms with Crippen LogP contribution in [0.5, 0.6) is 0 Å². The Morgan fingerprint density at radius 2 is 2.22 bits per heavy atom. The molecular weight excluding hydrogens is 114 g/mol. The van der Waals surface area contributed by atoms with E-state index in [9.17, 15) is 0 Å². The summed E-state index contributed by atoms with van der Waals surface area (Å²) in [7, 11) is 1.98. The quantitative estimate of drug-likeness (QED) is 0.564. The van der Waals surface area contributed by atoms with E-state index in [1.54, 1.807) is 0 Å². The van der Waals surface area contributed by atoms with Crippen molar-refractivity contribution in [2.45, 2.75) is 31.9 Å². The molecule has 0 aromatic carbocycles. The average molecular weight is 129 g/mol. The summed E-state index contributed by atoms with van der Waals surface area (Å²) in [6, 6.07) is 0.569. The van der Waals surface area contributed by atoms with Crippen LogP contribution in [0.4, 0.5) is 0 Å². The molecule has 1 atom stereocenters. The Labute approximate surface area is 56.6 Å². The molecule has 1 aliphatic rings. The summed E-state index contributed by atoms with van der Waals surface area (Å²) in [4.78, 5) is 0. The van der Waals surface area contributed by atoms with Crippen LogP contribution in [-0.2, 0) is 4.74 Å². The van der Waals surface area contributed by atoms with Crippen LogP contribution in [0.25, 0.3) is 0 Å². The second kappa shape index (κ2) is 2.27. The summed E-state index contributed by atoms with van der Waals surface area (Å²) in [5, 5.41) is 3.19. The van der Waals surface area contributed by atoms with E-state index < -0.39 is 0 Å². The second-order valence-corrected chi connectivity index (χ2v) is 3.26. The van der Waals surface area contributed by atoms with Crippen LogP contribution in [-0.4, -0.2) is 25.3 Å². The molecule has 1 saturated heterocycles. The van der Waals surface area contributed by atoms with Crippen LogP contribution < -0.4 is 5.32 Å². The van der Waals surface area contributed by atoms with Crippen molar-refractivity contribution in [3.8, 4) is 0 Å². The van der Waals surface area contributed by atoms with Gasteiger partial charge in [-0.25, -0.2) is 0 Å². The van der Waals surface area contributed by atoms with E-state index in [4.69, 9.17) is 4.74 Å². The van der Waals surface area contributed by atoms with Gasteiger partial charge in [-0.1, -0.05) is 0 Å². The fourth-order valence-electron chi connectivity index (χ4n) is 1.22. The number of hydrogen-bond donors (Lipinski definition) is 1. The summed E-state index contributed by atoms with van der Waals surface area (Å²) in [6.07, 6.45) is 1.13.